The largest absolute Gasteiger partial charge is 0.197 e. The van der Waals surface area contributed by atoms with Crippen molar-refractivity contribution >= 4 is 0 Å². The fourth-order valence-electron chi connectivity index (χ4n) is 2.60. The maximum Gasteiger partial charge on any atom is 0.0967 e. The summed E-state index contributed by atoms with van der Waals surface area (Å²) < 4.78 is 0. The number of nitrogens with zero attached hydrogens (tertiary/aromatic N) is 1. The van der Waals surface area contributed by atoms with E-state index in [9.17, 15) is 5.26 Å². The summed E-state index contributed by atoms with van der Waals surface area (Å²) in [6, 6.07) is 16.7. The van der Waals surface area contributed by atoms with Gasteiger partial charge in [-0.1, -0.05) is 48.0 Å². The molecule has 0 aliphatic heterocycles. The Morgan fingerprint density at radius 1 is 0.944 bits per heavy atom. The van der Waals surface area contributed by atoms with Gasteiger partial charge in [-0.15, -0.1) is 0 Å². The maximum absolute atomic E-state index is 9.50. The van der Waals surface area contributed by atoms with Crippen molar-refractivity contribution in [1.82, 2.24) is 0 Å². The van der Waals surface area contributed by atoms with Crippen LogP contribution in [0.5, 0.6) is 0 Å². The number of aryl methyl sites for hydroxylation is 3. The van der Waals surface area contributed by atoms with Gasteiger partial charge in [0.25, 0.3) is 0 Å². The summed E-state index contributed by atoms with van der Waals surface area (Å²) in [6.07, 6.45) is 0. The van der Waals surface area contributed by atoms with Gasteiger partial charge in [-0.25, -0.2) is 0 Å². The van der Waals surface area contributed by atoms with Crippen LogP contribution in [0.3, 0.4) is 0 Å². The van der Waals surface area contributed by atoms with Gasteiger partial charge in [0.05, 0.1) is 12.0 Å². The van der Waals surface area contributed by atoms with E-state index in [-0.39, 0.29) is 5.92 Å². The van der Waals surface area contributed by atoms with Crippen LogP contribution in [0.25, 0.3) is 0 Å². The van der Waals surface area contributed by atoms with Crippen LogP contribution < -0.4 is 0 Å². The fourth-order valence-corrected chi connectivity index (χ4v) is 2.60. The smallest absolute Gasteiger partial charge is 0.0967 e. The number of benzene rings is 2. The summed E-state index contributed by atoms with van der Waals surface area (Å²) in [5.74, 6) is -0.174. The molecule has 18 heavy (non-hydrogen) atoms. The van der Waals surface area contributed by atoms with Gasteiger partial charge in [-0.3, -0.25) is 0 Å². The van der Waals surface area contributed by atoms with Crippen LogP contribution in [0.2, 0.25) is 0 Å². The van der Waals surface area contributed by atoms with E-state index in [1.165, 1.54) is 16.7 Å². The molecule has 2 rings (SSSR count). The van der Waals surface area contributed by atoms with E-state index in [1.54, 1.807) is 0 Å². The molecule has 1 atom stereocenters. The zero-order valence-electron chi connectivity index (χ0n) is 11.1. The molecule has 0 aliphatic carbocycles. The third kappa shape index (κ3) is 2.28. The lowest BCUT2D eigenvalue weighted by atomic mass is 9.86. The first-order valence-corrected chi connectivity index (χ1v) is 6.16. The lowest BCUT2D eigenvalue weighted by Gasteiger charge is -2.16. The molecule has 0 unspecified atom stereocenters. The average Bonchev–Trinajstić information content (AvgIpc) is 2.34. The second kappa shape index (κ2) is 5.06. The quantitative estimate of drug-likeness (QED) is 0.762. The zero-order chi connectivity index (χ0) is 13.1. The van der Waals surface area contributed by atoms with Crippen molar-refractivity contribution in [2.75, 3.05) is 0 Å². The first-order chi connectivity index (χ1) is 8.63. The summed E-state index contributed by atoms with van der Waals surface area (Å²) in [4.78, 5) is 0. The highest BCUT2D eigenvalue weighted by atomic mass is 14.3. The molecule has 0 radical (unpaired) electrons. The average molecular weight is 235 g/mol. The van der Waals surface area contributed by atoms with Crippen LogP contribution in [0.15, 0.2) is 42.5 Å². The summed E-state index contributed by atoms with van der Waals surface area (Å²) in [6.45, 7) is 6.26. The highest BCUT2D eigenvalue weighted by Gasteiger charge is 2.17. The number of hydrogen-bond acceptors (Lipinski definition) is 1. The molecule has 0 aromatic heterocycles. The SMILES string of the molecule is Cc1cc(C)c([C@@H](C#N)c2ccccc2)c(C)c1. The molecular weight excluding hydrogens is 218 g/mol. The molecule has 0 N–H and O–H groups in total. The second-order valence-corrected chi connectivity index (χ2v) is 4.79. The van der Waals surface area contributed by atoms with Gasteiger partial charge in [0.2, 0.25) is 0 Å². The number of nitriles is 1. The third-order valence-electron chi connectivity index (χ3n) is 3.29. The van der Waals surface area contributed by atoms with Crippen molar-refractivity contribution in [3.63, 3.8) is 0 Å². The van der Waals surface area contributed by atoms with Gasteiger partial charge in [0.15, 0.2) is 0 Å². The molecule has 0 aliphatic rings. The standard InChI is InChI=1S/C17H17N/c1-12-9-13(2)17(14(3)10-12)16(11-18)15-7-5-4-6-8-15/h4-10,16H,1-3H3/t16-/m0/s1. The van der Waals surface area contributed by atoms with Crippen LogP contribution in [-0.4, -0.2) is 0 Å². The summed E-state index contributed by atoms with van der Waals surface area (Å²) in [7, 11) is 0. The molecule has 0 amide bonds. The molecule has 0 saturated carbocycles. The molecule has 1 heteroatoms. The van der Waals surface area contributed by atoms with Crippen molar-refractivity contribution in [1.29, 1.82) is 5.26 Å². The Labute approximate surface area is 109 Å². The lowest BCUT2D eigenvalue weighted by molar-refractivity contribution is 0.996. The Bertz CT molecular complexity index is 568. The third-order valence-corrected chi connectivity index (χ3v) is 3.29. The van der Waals surface area contributed by atoms with Gasteiger partial charge in [0, 0.05) is 0 Å². The molecule has 90 valence electrons. The highest BCUT2D eigenvalue weighted by molar-refractivity contribution is 5.47. The van der Waals surface area contributed by atoms with E-state index < -0.39 is 0 Å². The first-order valence-electron chi connectivity index (χ1n) is 6.16. The van der Waals surface area contributed by atoms with Crippen molar-refractivity contribution in [3.05, 3.63) is 70.3 Å². The van der Waals surface area contributed by atoms with E-state index in [4.69, 9.17) is 0 Å². The van der Waals surface area contributed by atoms with Gasteiger partial charge in [0.1, 0.15) is 0 Å². The predicted molar refractivity (Wildman–Crippen MR) is 74.6 cm³/mol. The molecule has 2 aromatic carbocycles. The molecule has 0 heterocycles. The van der Waals surface area contributed by atoms with Crippen LogP contribution in [0.4, 0.5) is 0 Å². The van der Waals surface area contributed by atoms with Gasteiger partial charge in [-0.2, -0.15) is 5.26 Å². The van der Waals surface area contributed by atoms with Crippen molar-refractivity contribution in [2.45, 2.75) is 26.7 Å². The molecular formula is C17H17N. The van der Waals surface area contributed by atoms with E-state index in [1.807, 2.05) is 30.3 Å². The molecule has 2 aromatic rings. The van der Waals surface area contributed by atoms with Crippen molar-refractivity contribution < 1.29 is 0 Å². The summed E-state index contributed by atoms with van der Waals surface area (Å²) in [5.41, 5.74) is 5.86. The molecule has 1 nitrogen and oxygen atoms in total. The minimum atomic E-state index is -0.174. The van der Waals surface area contributed by atoms with Gasteiger partial charge >= 0.3 is 0 Å². The lowest BCUT2D eigenvalue weighted by Crippen LogP contribution is -2.04. The Morgan fingerprint density at radius 2 is 1.50 bits per heavy atom. The topological polar surface area (TPSA) is 23.8 Å². The minimum absolute atomic E-state index is 0.174. The molecule has 0 saturated heterocycles. The normalized spacial score (nSPS) is 11.9. The zero-order valence-corrected chi connectivity index (χ0v) is 11.1. The fraction of sp³-hybridized carbons (Fsp3) is 0.235. The summed E-state index contributed by atoms with van der Waals surface area (Å²) in [5, 5.41) is 9.50. The molecule has 0 fully saturated rings. The Morgan fingerprint density at radius 3 is 2.00 bits per heavy atom. The summed E-state index contributed by atoms with van der Waals surface area (Å²) >= 11 is 0. The van der Waals surface area contributed by atoms with Crippen LogP contribution >= 0.6 is 0 Å². The van der Waals surface area contributed by atoms with Crippen molar-refractivity contribution in [2.24, 2.45) is 0 Å². The van der Waals surface area contributed by atoms with Crippen LogP contribution in [-0.2, 0) is 0 Å². The Balaban J connectivity index is 2.57. The second-order valence-electron chi connectivity index (χ2n) is 4.79. The van der Waals surface area contributed by atoms with Gasteiger partial charge in [-0.05, 0) is 43.0 Å². The number of hydrogen-bond donors (Lipinski definition) is 0. The minimum Gasteiger partial charge on any atom is -0.197 e. The molecule has 0 spiro atoms. The monoisotopic (exact) mass is 235 g/mol. The maximum atomic E-state index is 9.50. The van der Waals surface area contributed by atoms with Crippen LogP contribution in [0.1, 0.15) is 33.7 Å². The first kappa shape index (κ1) is 12.4. The number of rotatable bonds is 2. The van der Waals surface area contributed by atoms with Crippen LogP contribution in [0, 0.1) is 32.1 Å². The Hall–Kier alpha value is -2.07. The highest BCUT2D eigenvalue weighted by Crippen LogP contribution is 2.30. The van der Waals surface area contributed by atoms with Crippen molar-refractivity contribution in [3.8, 4) is 6.07 Å². The predicted octanol–water partition coefficient (Wildman–Crippen LogP) is 4.27. The van der Waals surface area contributed by atoms with E-state index in [0.717, 1.165) is 11.1 Å². The van der Waals surface area contributed by atoms with E-state index in [0.29, 0.717) is 0 Å². The van der Waals surface area contributed by atoms with E-state index in [2.05, 4.69) is 39.0 Å². The molecule has 0 bridgehead atoms. The van der Waals surface area contributed by atoms with Gasteiger partial charge < -0.3 is 0 Å². The van der Waals surface area contributed by atoms with E-state index >= 15 is 0 Å². The Kier molecular flexibility index (Phi) is 3.48.